The number of aliphatic hydroxyl groups is 2. The fourth-order valence-electron chi connectivity index (χ4n) is 1.89. The van der Waals surface area contributed by atoms with Gasteiger partial charge in [0.1, 0.15) is 0 Å². The molecule has 2 aliphatic carbocycles. The summed E-state index contributed by atoms with van der Waals surface area (Å²) in [5.74, 6) is 0.0633. The lowest BCUT2D eigenvalue weighted by atomic mass is 10.1. The van der Waals surface area contributed by atoms with Crippen molar-refractivity contribution in [2.45, 2.75) is 43.9 Å². The summed E-state index contributed by atoms with van der Waals surface area (Å²) in [7, 11) is 0. The molecule has 1 unspecified atom stereocenters. The molecule has 0 aromatic heterocycles. The largest absolute Gasteiger partial charge is 0.390 e. The Hall–Kier alpha value is -0.870. The number of hydrogen-bond donors (Lipinski definition) is 3. The van der Waals surface area contributed by atoms with Gasteiger partial charge in [0.25, 0.3) is 0 Å². The zero-order valence-corrected chi connectivity index (χ0v) is 8.60. The third-order valence-electron chi connectivity index (χ3n) is 2.98. The number of aliphatic hydroxyl groups excluding tert-OH is 2. The average molecular weight is 211 g/mol. The molecule has 0 bridgehead atoms. The van der Waals surface area contributed by atoms with Crippen LogP contribution in [0.3, 0.4) is 0 Å². The maximum atomic E-state index is 11.3. The minimum atomic E-state index is -0.633. The predicted octanol–water partition coefficient (Wildman–Crippen LogP) is -0.0470. The van der Waals surface area contributed by atoms with Crippen molar-refractivity contribution in [2.24, 2.45) is 5.92 Å². The van der Waals surface area contributed by atoms with Crippen LogP contribution in [0, 0.1) is 5.92 Å². The molecule has 0 aromatic rings. The van der Waals surface area contributed by atoms with E-state index in [9.17, 15) is 15.0 Å². The first kappa shape index (κ1) is 10.6. The Morgan fingerprint density at radius 1 is 1.20 bits per heavy atom. The molecule has 2 aliphatic rings. The Labute approximate surface area is 89.0 Å². The van der Waals surface area contributed by atoms with Gasteiger partial charge in [-0.1, -0.05) is 6.08 Å². The van der Waals surface area contributed by atoms with E-state index >= 15 is 0 Å². The highest BCUT2D eigenvalue weighted by Gasteiger charge is 2.30. The van der Waals surface area contributed by atoms with Crippen molar-refractivity contribution in [3.63, 3.8) is 0 Å². The Morgan fingerprint density at radius 2 is 1.80 bits per heavy atom. The summed E-state index contributed by atoms with van der Waals surface area (Å²) < 4.78 is 0. The van der Waals surface area contributed by atoms with Gasteiger partial charge in [0.2, 0.25) is 5.91 Å². The summed E-state index contributed by atoms with van der Waals surface area (Å²) in [5.41, 5.74) is 0. The molecule has 15 heavy (non-hydrogen) atoms. The van der Waals surface area contributed by atoms with E-state index in [0.717, 1.165) is 12.8 Å². The van der Waals surface area contributed by atoms with Gasteiger partial charge in [-0.3, -0.25) is 4.79 Å². The number of allylic oxidation sites excluding steroid dienone is 1. The van der Waals surface area contributed by atoms with E-state index in [2.05, 4.69) is 5.32 Å². The van der Waals surface area contributed by atoms with Crippen LogP contribution < -0.4 is 5.32 Å². The van der Waals surface area contributed by atoms with Gasteiger partial charge in [-0.2, -0.15) is 0 Å². The summed E-state index contributed by atoms with van der Waals surface area (Å²) in [6.07, 6.45) is 5.31. The average Bonchev–Trinajstić information content (AvgIpc) is 2.92. The minimum Gasteiger partial charge on any atom is -0.390 e. The molecular formula is C11H17NO3. The molecule has 4 nitrogen and oxygen atoms in total. The van der Waals surface area contributed by atoms with Crippen LogP contribution >= 0.6 is 0 Å². The third kappa shape index (κ3) is 3.04. The number of nitrogens with one attached hydrogen (secondary N) is 1. The fourth-order valence-corrected chi connectivity index (χ4v) is 1.89. The summed E-state index contributed by atoms with van der Waals surface area (Å²) in [6.45, 7) is 0. The van der Waals surface area contributed by atoms with E-state index in [1.165, 1.54) is 6.08 Å². The van der Waals surface area contributed by atoms with Gasteiger partial charge in [0.05, 0.1) is 12.2 Å². The summed E-state index contributed by atoms with van der Waals surface area (Å²) >= 11 is 0. The van der Waals surface area contributed by atoms with Crippen LogP contribution in [-0.4, -0.2) is 34.4 Å². The van der Waals surface area contributed by atoms with Crippen molar-refractivity contribution in [1.82, 2.24) is 5.32 Å². The highest BCUT2D eigenvalue weighted by Crippen LogP contribution is 2.27. The van der Waals surface area contributed by atoms with Gasteiger partial charge in [0.15, 0.2) is 0 Å². The molecule has 2 fully saturated rings. The van der Waals surface area contributed by atoms with Crippen LogP contribution in [0.4, 0.5) is 0 Å². The second kappa shape index (κ2) is 4.33. The van der Waals surface area contributed by atoms with Gasteiger partial charge in [-0.25, -0.2) is 0 Å². The van der Waals surface area contributed by atoms with Gasteiger partial charge in [-0.05, 0) is 37.7 Å². The smallest absolute Gasteiger partial charge is 0.243 e. The standard InChI is InChI=1S/C11H17NO3/c13-9-5-7(6-10(9)14)1-4-11(15)12-8-2-3-8/h1,4,7-10,13-14H,2-3,5-6H2,(H,12,15)/b4-1+/t7?,9-,10+. The zero-order valence-electron chi connectivity index (χ0n) is 8.60. The molecule has 2 rings (SSSR count). The van der Waals surface area contributed by atoms with Crippen LogP contribution in [0.25, 0.3) is 0 Å². The Bertz CT molecular complexity index is 263. The van der Waals surface area contributed by atoms with Crippen LogP contribution in [0.1, 0.15) is 25.7 Å². The molecule has 84 valence electrons. The summed E-state index contributed by atoms with van der Waals surface area (Å²) in [4.78, 5) is 11.3. The van der Waals surface area contributed by atoms with E-state index in [0.29, 0.717) is 18.9 Å². The summed E-state index contributed by atoms with van der Waals surface area (Å²) in [5, 5.41) is 21.5. The van der Waals surface area contributed by atoms with Crippen LogP contribution in [0.15, 0.2) is 12.2 Å². The maximum Gasteiger partial charge on any atom is 0.243 e. The van der Waals surface area contributed by atoms with Crippen LogP contribution in [0.2, 0.25) is 0 Å². The van der Waals surface area contributed by atoms with Crippen LogP contribution in [0.5, 0.6) is 0 Å². The van der Waals surface area contributed by atoms with Crippen LogP contribution in [-0.2, 0) is 4.79 Å². The van der Waals surface area contributed by atoms with Gasteiger partial charge in [-0.15, -0.1) is 0 Å². The predicted molar refractivity (Wildman–Crippen MR) is 55.0 cm³/mol. The zero-order chi connectivity index (χ0) is 10.8. The molecule has 0 saturated heterocycles. The molecule has 0 aromatic carbocycles. The highest BCUT2D eigenvalue weighted by atomic mass is 16.3. The van der Waals surface area contributed by atoms with E-state index in [1.807, 2.05) is 0 Å². The molecular weight excluding hydrogens is 194 g/mol. The van der Waals surface area contributed by atoms with E-state index in [-0.39, 0.29) is 11.8 Å². The number of amides is 1. The SMILES string of the molecule is O=C(/C=C/C1C[C@@H](O)[C@@H](O)C1)NC1CC1. The lowest BCUT2D eigenvalue weighted by Crippen LogP contribution is -2.23. The Morgan fingerprint density at radius 3 is 2.33 bits per heavy atom. The lowest BCUT2D eigenvalue weighted by molar-refractivity contribution is -0.116. The van der Waals surface area contributed by atoms with Crippen molar-refractivity contribution < 1.29 is 15.0 Å². The van der Waals surface area contributed by atoms with Gasteiger partial charge in [0, 0.05) is 6.04 Å². The van der Waals surface area contributed by atoms with Crippen molar-refractivity contribution >= 4 is 5.91 Å². The molecule has 0 radical (unpaired) electrons. The van der Waals surface area contributed by atoms with Crippen molar-refractivity contribution in [2.75, 3.05) is 0 Å². The molecule has 2 saturated carbocycles. The summed E-state index contributed by atoms with van der Waals surface area (Å²) in [6, 6.07) is 0.377. The molecule has 0 heterocycles. The molecule has 0 aliphatic heterocycles. The second-order valence-corrected chi connectivity index (χ2v) is 4.51. The molecule has 3 atom stereocenters. The van der Waals surface area contributed by atoms with E-state index in [1.54, 1.807) is 6.08 Å². The van der Waals surface area contributed by atoms with Crippen molar-refractivity contribution in [3.05, 3.63) is 12.2 Å². The molecule has 4 heteroatoms. The first-order chi connectivity index (χ1) is 7.15. The molecule has 0 spiro atoms. The van der Waals surface area contributed by atoms with Crippen molar-refractivity contribution in [3.8, 4) is 0 Å². The molecule has 3 N–H and O–H groups in total. The quantitative estimate of drug-likeness (QED) is 0.573. The van der Waals surface area contributed by atoms with Gasteiger partial charge >= 0.3 is 0 Å². The Kier molecular flexibility index (Phi) is 3.07. The number of carbonyl (C=O) groups is 1. The normalized spacial score (nSPS) is 36.0. The fraction of sp³-hybridized carbons (Fsp3) is 0.727. The lowest BCUT2D eigenvalue weighted by Gasteiger charge is -2.03. The number of carbonyl (C=O) groups excluding carboxylic acids is 1. The second-order valence-electron chi connectivity index (χ2n) is 4.51. The number of hydrogen-bond acceptors (Lipinski definition) is 3. The molecule has 1 amide bonds. The van der Waals surface area contributed by atoms with Crippen molar-refractivity contribution in [1.29, 1.82) is 0 Å². The minimum absolute atomic E-state index is 0.0617. The topological polar surface area (TPSA) is 69.6 Å². The monoisotopic (exact) mass is 211 g/mol. The van der Waals surface area contributed by atoms with E-state index in [4.69, 9.17) is 0 Å². The first-order valence-corrected chi connectivity index (χ1v) is 5.50. The first-order valence-electron chi connectivity index (χ1n) is 5.50. The number of rotatable bonds is 3. The third-order valence-corrected chi connectivity index (χ3v) is 2.98. The van der Waals surface area contributed by atoms with E-state index < -0.39 is 12.2 Å². The highest BCUT2D eigenvalue weighted by molar-refractivity contribution is 5.87. The van der Waals surface area contributed by atoms with Gasteiger partial charge < -0.3 is 15.5 Å². The Balaban J connectivity index is 1.75. The maximum absolute atomic E-state index is 11.3.